The minimum absolute atomic E-state index is 0.0434. The standard InChI is InChI=1S/C12H12N2O3/c1-3-13-11-5-4-9(14(16)17)7-10(11)8(2)6-12(13)15/h4-7H,3H2,1-2H3. The third kappa shape index (κ3) is 1.80. The van der Waals surface area contributed by atoms with Crippen molar-refractivity contribution in [1.29, 1.82) is 0 Å². The molecule has 0 radical (unpaired) electrons. The summed E-state index contributed by atoms with van der Waals surface area (Å²) in [5, 5.41) is 11.5. The first-order valence-electron chi connectivity index (χ1n) is 5.33. The Balaban J connectivity index is 2.88. The molecular weight excluding hydrogens is 220 g/mol. The van der Waals surface area contributed by atoms with E-state index in [4.69, 9.17) is 0 Å². The molecule has 0 bridgehead atoms. The predicted molar refractivity (Wildman–Crippen MR) is 65.3 cm³/mol. The molecule has 17 heavy (non-hydrogen) atoms. The SMILES string of the molecule is CCn1c(=O)cc(C)c2cc([N+](=O)[O-])ccc21. The van der Waals surface area contributed by atoms with E-state index in [9.17, 15) is 14.9 Å². The Morgan fingerprint density at radius 1 is 1.35 bits per heavy atom. The molecular formula is C12H12N2O3. The van der Waals surface area contributed by atoms with E-state index in [-0.39, 0.29) is 11.2 Å². The van der Waals surface area contributed by atoms with Crippen LogP contribution in [0.3, 0.4) is 0 Å². The number of hydrogen-bond acceptors (Lipinski definition) is 3. The molecule has 1 aromatic carbocycles. The largest absolute Gasteiger partial charge is 0.309 e. The first kappa shape index (κ1) is 11.3. The fourth-order valence-electron chi connectivity index (χ4n) is 1.97. The molecule has 0 saturated heterocycles. The van der Waals surface area contributed by atoms with Crippen LogP contribution in [-0.2, 0) is 6.54 Å². The number of non-ortho nitro benzene ring substituents is 1. The van der Waals surface area contributed by atoms with E-state index in [1.54, 1.807) is 17.6 Å². The van der Waals surface area contributed by atoms with Crippen molar-refractivity contribution in [3.05, 3.63) is 50.3 Å². The molecule has 0 aliphatic rings. The van der Waals surface area contributed by atoms with Crippen molar-refractivity contribution in [2.24, 2.45) is 0 Å². The molecule has 0 amide bonds. The van der Waals surface area contributed by atoms with Crippen molar-refractivity contribution >= 4 is 16.6 Å². The summed E-state index contributed by atoms with van der Waals surface area (Å²) in [6, 6.07) is 6.07. The zero-order chi connectivity index (χ0) is 12.6. The van der Waals surface area contributed by atoms with Crippen LogP contribution in [0.15, 0.2) is 29.1 Å². The third-order valence-corrected chi connectivity index (χ3v) is 2.83. The number of nitro groups is 1. The van der Waals surface area contributed by atoms with Gasteiger partial charge in [0.15, 0.2) is 0 Å². The smallest absolute Gasteiger partial charge is 0.270 e. The fourth-order valence-corrected chi connectivity index (χ4v) is 1.97. The molecule has 2 aromatic rings. The molecule has 0 unspecified atom stereocenters. The van der Waals surface area contributed by atoms with Gasteiger partial charge in [0.25, 0.3) is 11.2 Å². The van der Waals surface area contributed by atoms with E-state index >= 15 is 0 Å². The highest BCUT2D eigenvalue weighted by Crippen LogP contribution is 2.22. The van der Waals surface area contributed by atoms with Crippen LogP contribution in [-0.4, -0.2) is 9.49 Å². The van der Waals surface area contributed by atoms with Crippen molar-refractivity contribution < 1.29 is 4.92 Å². The number of hydrogen-bond donors (Lipinski definition) is 0. The molecule has 1 heterocycles. The first-order chi connectivity index (χ1) is 8.04. The van der Waals surface area contributed by atoms with Crippen molar-refractivity contribution in [2.75, 3.05) is 0 Å². The quantitative estimate of drug-likeness (QED) is 0.589. The zero-order valence-corrected chi connectivity index (χ0v) is 9.64. The van der Waals surface area contributed by atoms with E-state index < -0.39 is 4.92 Å². The fraction of sp³-hybridized carbons (Fsp3) is 0.250. The van der Waals surface area contributed by atoms with Crippen LogP contribution in [0.1, 0.15) is 12.5 Å². The topological polar surface area (TPSA) is 65.1 Å². The van der Waals surface area contributed by atoms with Gasteiger partial charge in [0, 0.05) is 30.1 Å². The van der Waals surface area contributed by atoms with Gasteiger partial charge >= 0.3 is 0 Å². The highest BCUT2D eigenvalue weighted by atomic mass is 16.6. The molecule has 0 fully saturated rings. The number of fused-ring (bicyclic) bond motifs is 1. The van der Waals surface area contributed by atoms with E-state index in [1.165, 1.54) is 18.2 Å². The normalized spacial score (nSPS) is 10.7. The molecule has 88 valence electrons. The van der Waals surface area contributed by atoms with E-state index in [1.807, 2.05) is 6.92 Å². The molecule has 5 nitrogen and oxygen atoms in total. The number of rotatable bonds is 2. The lowest BCUT2D eigenvalue weighted by atomic mass is 10.1. The van der Waals surface area contributed by atoms with E-state index in [2.05, 4.69) is 0 Å². The van der Waals surface area contributed by atoms with Crippen molar-refractivity contribution in [3.63, 3.8) is 0 Å². The minimum Gasteiger partial charge on any atom is -0.309 e. The number of aryl methyl sites for hydroxylation is 2. The van der Waals surface area contributed by atoms with Gasteiger partial charge in [0.1, 0.15) is 0 Å². The van der Waals surface area contributed by atoms with Crippen LogP contribution in [0.4, 0.5) is 5.69 Å². The van der Waals surface area contributed by atoms with Crippen molar-refractivity contribution in [2.45, 2.75) is 20.4 Å². The molecule has 0 spiro atoms. The highest BCUT2D eigenvalue weighted by molar-refractivity contribution is 5.84. The predicted octanol–water partition coefficient (Wildman–Crippen LogP) is 2.24. The lowest BCUT2D eigenvalue weighted by Crippen LogP contribution is -2.19. The molecule has 1 aromatic heterocycles. The van der Waals surface area contributed by atoms with Gasteiger partial charge in [0.05, 0.1) is 10.4 Å². The Morgan fingerprint density at radius 2 is 2.06 bits per heavy atom. The summed E-state index contributed by atoms with van der Waals surface area (Å²) in [7, 11) is 0. The van der Waals surface area contributed by atoms with Gasteiger partial charge in [-0.05, 0) is 25.5 Å². The maximum absolute atomic E-state index is 11.7. The summed E-state index contributed by atoms with van der Waals surface area (Å²) in [6.45, 7) is 4.21. The average Bonchev–Trinajstić information content (AvgIpc) is 2.29. The Hall–Kier alpha value is -2.17. The number of nitro benzene ring substituents is 1. The van der Waals surface area contributed by atoms with E-state index in [0.717, 1.165) is 16.5 Å². The second-order valence-electron chi connectivity index (χ2n) is 3.87. The van der Waals surface area contributed by atoms with Crippen LogP contribution < -0.4 is 5.56 Å². The Bertz CT molecular complexity index is 659. The lowest BCUT2D eigenvalue weighted by molar-refractivity contribution is -0.384. The summed E-state index contributed by atoms with van der Waals surface area (Å²) >= 11 is 0. The van der Waals surface area contributed by atoms with Crippen molar-refractivity contribution in [1.82, 2.24) is 4.57 Å². The van der Waals surface area contributed by atoms with Crippen LogP contribution >= 0.6 is 0 Å². The number of nitrogens with zero attached hydrogens (tertiary/aromatic N) is 2. The van der Waals surface area contributed by atoms with Crippen LogP contribution in [0.2, 0.25) is 0 Å². The molecule has 0 atom stereocenters. The maximum Gasteiger partial charge on any atom is 0.270 e. The summed E-state index contributed by atoms with van der Waals surface area (Å²) in [6.07, 6.45) is 0. The van der Waals surface area contributed by atoms with Crippen LogP contribution in [0.25, 0.3) is 10.9 Å². The van der Waals surface area contributed by atoms with Crippen LogP contribution in [0, 0.1) is 17.0 Å². The molecule has 5 heteroatoms. The third-order valence-electron chi connectivity index (χ3n) is 2.83. The highest BCUT2D eigenvalue weighted by Gasteiger charge is 2.10. The number of pyridine rings is 1. The summed E-state index contributed by atoms with van der Waals surface area (Å²) in [5.41, 5.74) is 1.47. The van der Waals surface area contributed by atoms with Gasteiger partial charge in [-0.3, -0.25) is 14.9 Å². The molecule has 0 aliphatic heterocycles. The van der Waals surface area contributed by atoms with Gasteiger partial charge in [-0.25, -0.2) is 0 Å². The Labute approximate surface area is 97.5 Å². The summed E-state index contributed by atoms with van der Waals surface area (Å²) in [5.74, 6) is 0. The molecule has 2 rings (SSSR count). The minimum atomic E-state index is -0.430. The van der Waals surface area contributed by atoms with Gasteiger partial charge < -0.3 is 4.57 Å². The average molecular weight is 232 g/mol. The Morgan fingerprint density at radius 3 is 2.65 bits per heavy atom. The second-order valence-corrected chi connectivity index (χ2v) is 3.87. The lowest BCUT2D eigenvalue weighted by Gasteiger charge is -2.09. The van der Waals surface area contributed by atoms with E-state index in [0.29, 0.717) is 6.54 Å². The summed E-state index contributed by atoms with van der Waals surface area (Å²) < 4.78 is 1.60. The zero-order valence-electron chi connectivity index (χ0n) is 9.64. The number of aromatic nitrogens is 1. The van der Waals surface area contributed by atoms with Gasteiger partial charge in [0.2, 0.25) is 0 Å². The number of benzene rings is 1. The Kier molecular flexibility index (Phi) is 2.67. The first-order valence-corrected chi connectivity index (χ1v) is 5.33. The molecule has 0 saturated carbocycles. The summed E-state index contributed by atoms with van der Waals surface area (Å²) in [4.78, 5) is 22.0. The van der Waals surface area contributed by atoms with Gasteiger partial charge in [-0.2, -0.15) is 0 Å². The second kappa shape index (κ2) is 4.01. The van der Waals surface area contributed by atoms with Crippen LogP contribution in [0.5, 0.6) is 0 Å². The molecule has 0 aliphatic carbocycles. The van der Waals surface area contributed by atoms with Crippen molar-refractivity contribution in [3.8, 4) is 0 Å². The molecule has 0 N–H and O–H groups in total. The van der Waals surface area contributed by atoms with Gasteiger partial charge in [-0.1, -0.05) is 0 Å². The maximum atomic E-state index is 11.7. The monoisotopic (exact) mass is 232 g/mol. The van der Waals surface area contributed by atoms with Gasteiger partial charge in [-0.15, -0.1) is 0 Å².